The van der Waals surface area contributed by atoms with E-state index in [2.05, 4.69) is 9.71 Å². The molecule has 0 atom stereocenters. The van der Waals surface area contributed by atoms with Gasteiger partial charge in [0.15, 0.2) is 0 Å². The van der Waals surface area contributed by atoms with E-state index >= 15 is 0 Å². The number of hydrogen-bond donors (Lipinski definition) is 1. The lowest BCUT2D eigenvalue weighted by Gasteiger charge is -2.13. The van der Waals surface area contributed by atoms with E-state index in [9.17, 15) is 8.42 Å². The SMILES string of the molecule is COc1ccc(OC)c(CNS(=O)(=O)c2cccc3cc(C)cnc23)c1. The number of benzene rings is 2. The average molecular weight is 372 g/mol. The zero-order valence-electron chi connectivity index (χ0n) is 14.8. The monoisotopic (exact) mass is 372 g/mol. The van der Waals surface area contributed by atoms with Gasteiger partial charge < -0.3 is 9.47 Å². The number of fused-ring (bicyclic) bond motifs is 1. The molecule has 1 aromatic heterocycles. The quantitative estimate of drug-likeness (QED) is 0.720. The van der Waals surface area contributed by atoms with E-state index in [1.54, 1.807) is 43.6 Å². The van der Waals surface area contributed by atoms with Crippen molar-refractivity contribution in [2.75, 3.05) is 14.2 Å². The average Bonchev–Trinajstić information content (AvgIpc) is 2.65. The number of nitrogens with zero attached hydrogens (tertiary/aromatic N) is 1. The van der Waals surface area contributed by atoms with Crippen molar-refractivity contribution in [2.24, 2.45) is 0 Å². The molecule has 0 aliphatic heterocycles. The van der Waals surface area contributed by atoms with Crippen LogP contribution in [-0.2, 0) is 16.6 Å². The van der Waals surface area contributed by atoms with Gasteiger partial charge in [-0.25, -0.2) is 13.1 Å². The first-order chi connectivity index (χ1) is 12.4. The van der Waals surface area contributed by atoms with Crippen LogP contribution in [0.25, 0.3) is 10.9 Å². The van der Waals surface area contributed by atoms with Crippen LogP contribution in [0.15, 0.2) is 53.6 Å². The third kappa shape index (κ3) is 3.63. The smallest absolute Gasteiger partial charge is 0.243 e. The van der Waals surface area contributed by atoms with Gasteiger partial charge in [-0.1, -0.05) is 12.1 Å². The van der Waals surface area contributed by atoms with Gasteiger partial charge in [-0.2, -0.15) is 0 Å². The van der Waals surface area contributed by atoms with Crippen LogP contribution < -0.4 is 14.2 Å². The second-order valence-electron chi connectivity index (χ2n) is 5.84. The molecule has 0 radical (unpaired) electrons. The molecule has 1 heterocycles. The van der Waals surface area contributed by atoms with Gasteiger partial charge in [0.1, 0.15) is 16.4 Å². The van der Waals surface area contributed by atoms with Crippen molar-refractivity contribution in [1.82, 2.24) is 9.71 Å². The highest BCUT2D eigenvalue weighted by atomic mass is 32.2. The highest BCUT2D eigenvalue weighted by Crippen LogP contribution is 2.25. The third-order valence-electron chi connectivity index (χ3n) is 4.04. The van der Waals surface area contributed by atoms with Gasteiger partial charge in [0, 0.05) is 23.7 Å². The Morgan fingerprint density at radius 2 is 1.88 bits per heavy atom. The van der Waals surface area contributed by atoms with Gasteiger partial charge in [0.25, 0.3) is 0 Å². The molecule has 6 nitrogen and oxygen atoms in total. The van der Waals surface area contributed by atoms with Crippen molar-refractivity contribution in [1.29, 1.82) is 0 Å². The molecule has 1 N–H and O–H groups in total. The number of ether oxygens (including phenoxy) is 2. The van der Waals surface area contributed by atoms with Crippen LogP contribution in [-0.4, -0.2) is 27.6 Å². The van der Waals surface area contributed by atoms with Gasteiger partial charge in [-0.05, 0) is 42.8 Å². The maximum Gasteiger partial charge on any atom is 0.243 e. The van der Waals surface area contributed by atoms with E-state index in [4.69, 9.17) is 9.47 Å². The Bertz CT molecular complexity index is 1050. The van der Waals surface area contributed by atoms with Crippen LogP contribution in [0.1, 0.15) is 11.1 Å². The fraction of sp³-hybridized carbons (Fsp3) is 0.211. The van der Waals surface area contributed by atoms with E-state index in [0.717, 1.165) is 10.9 Å². The summed E-state index contributed by atoms with van der Waals surface area (Å²) in [5.74, 6) is 1.21. The summed E-state index contributed by atoms with van der Waals surface area (Å²) in [6, 6.07) is 12.3. The summed E-state index contributed by atoms with van der Waals surface area (Å²) < 4.78 is 38.8. The number of aryl methyl sites for hydroxylation is 1. The van der Waals surface area contributed by atoms with Crippen molar-refractivity contribution >= 4 is 20.9 Å². The summed E-state index contributed by atoms with van der Waals surface area (Å²) in [7, 11) is -0.658. The Balaban J connectivity index is 1.93. The van der Waals surface area contributed by atoms with Gasteiger partial charge >= 0.3 is 0 Å². The summed E-state index contributed by atoms with van der Waals surface area (Å²) in [4.78, 5) is 4.45. The molecule has 2 aromatic carbocycles. The number of hydrogen-bond acceptors (Lipinski definition) is 5. The van der Waals surface area contributed by atoms with Gasteiger partial charge in [0.05, 0.1) is 19.7 Å². The van der Waals surface area contributed by atoms with Crippen molar-refractivity contribution in [3.05, 3.63) is 59.8 Å². The predicted molar refractivity (Wildman–Crippen MR) is 100 cm³/mol. The lowest BCUT2D eigenvalue weighted by atomic mass is 10.2. The molecule has 3 aromatic rings. The van der Waals surface area contributed by atoms with Gasteiger partial charge in [-0.15, -0.1) is 0 Å². The number of pyridine rings is 1. The van der Waals surface area contributed by atoms with Crippen LogP contribution in [0.2, 0.25) is 0 Å². The van der Waals surface area contributed by atoms with Crippen molar-refractivity contribution in [3.63, 3.8) is 0 Å². The molecule has 136 valence electrons. The molecular weight excluding hydrogens is 352 g/mol. The number of sulfonamides is 1. The first-order valence-electron chi connectivity index (χ1n) is 8.00. The van der Waals surface area contributed by atoms with E-state index in [1.807, 2.05) is 19.1 Å². The van der Waals surface area contributed by atoms with E-state index in [-0.39, 0.29) is 11.4 Å². The summed E-state index contributed by atoms with van der Waals surface area (Å²) in [5.41, 5.74) is 2.10. The number of para-hydroxylation sites is 1. The summed E-state index contributed by atoms with van der Waals surface area (Å²) >= 11 is 0. The molecule has 0 aliphatic rings. The largest absolute Gasteiger partial charge is 0.497 e. The molecule has 0 unspecified atom stereocenters. The van der Waals surface area contributed by atoms with Crippen LogP contribution in [0.3, 0.4) is 0 Å². The molecule has 0 spiro atoms. The molecule has 0 saturated heterocycles. The van der Waals surface area contributed by atoms with Crippen LogP contribution in [0.4, 0.5) is 0 Å². The Labute approximate surface area is 152 Å². The second kappa shape index (κ2) is 7.31. The summed E-state index contributed by atoms with van der Waals surface area (Å²) in [5, 5.41) is 0.784. The minimum atomic E-state index is -3.75. The topological polar surface area (TPSA) is 77.5 Å². The summed E-state index contributed by atoms with van der Waals surface area (Å²) in [6.07, 6.45) is 1.66. The first-order valence-corrected chi connectivity index (χ1v) is 9.49. The zero-order valence-corrected chi connectivity index (χ0v) is 15.6. The van der Waals surface area contributed by atoms with Crippen LogP contribution in [0.5, 0.6) is 11.5 Å². The number of rotatable bonds is 6. The van der Waals surface area contributed by atoms with Crippen molar-refractivity contribution in [3.8, 4) is 11.5 Å². The highest BCUT2D eigenvalue weighted by Gasteiger charge is 2.19. The molecule has 0 amide bonds. The molecule has 3 rings (SSSR count). The maximum absolute atomic E-state index is 12.8. The lowest BCUT2D eigenvalue weighted by Crippen LogP contribution is -2.24. The zero-order chi connectivity index (χ0) is 18.7. The minimum Gasteiger partial charge on any atom is -0.497 e. The van der Waals surface area contributed by atoms with Crippen LogP contribution in [0, 0.1) is 6.92 Å². The minimum absolute atomic E-state index is 0.0744. The molecular formula is C19H20N2O4S. The summed E-state index contributed by atoms with van der Waals surface area (Å²) in [6.45, 7) is 1.99. The first kappa shape index (κ1) is 18.2. The Hall–Kier alpha value is -2.64. The standard InChI is InChI=1S/C19H20N2O4S/c1-13-9-14-5-4-6-18(19(14)20-11-13)26(22,23)21-12-15-10-16(24-2)7-8-17(15)25-3/h4-11,21H,12H2,1-3H3. The number of aromatic nitrogens is 1. The number of nitrogens with one attached hydrogen (secondary N) is 1. The Kier molecular flexibility index (Phi) is 5.11. The second-order valence-corrected chi connectivity index (χ2v) is 7.58. The van der Waals surface area contributed by atoms with Gasteiger partial charge in [-0.3, -0.25) is 4.98 Å². The molecule has 0 aliphatic carbocycles. The van der Waals surface area contributed by atoms with E-state index < -0.39 is 10.0 Å². The fourth-order valence-electron chi connectivity index (χ4n) is 2.73. The Morgan fingerprint density at radius 1 is 1.08 bits per heavy atom. The molecule has 0 bridgehead atoms. The molecule has 26 heavy (non-hydrogen) atoms. The van der Waals surface area contributed by atoms with Crippen LogP contribution >= 0.6 is 0 Å². The van der Waals surface area contributed by atoms with E-state index in [1.165, 1.54) is 7.11 Å². The van der Waals surface area contributed by atoms with E-state index in [0.29, 0.717) is 22.6 Å². The normalized spacial score (nSPS) is 11.5. The maximum atomic E-state index is 12.8. The molecule has 0 fully saturated rings. The Morgan fingerprint density at radius 3 is 2.62 bits per heavy atom. The molecule has 7 heteroatoms. The molecule has 0 saturated carbocycles. The lowest BCUT2D eigenvalue weighted by molar-refractivity contribution is 0.398. The third-order valence-corrected chi connectivity index (χ3v) is 5.47. The fourth-order valence-corrected chi connectivity index (χ4v) is 3.91. The number of methoxy groups -OCH3 is 2. The highest BCUT2D eigenvalue weighted by molar-refractivity contribution is 7.89. The van der Waals surface area contributed by atoms with Crippen molar-refractivity contribution in [2.45, 2.75) is 18.4 Å². The van der Waals surface area contributed by atoms with Gasteiger partial charge in [0.2, 0.25) is 10.0 Å². The van der Waals surface area contributed by atoms with Crippen molar-refractivity contribution < 1.29 is 17.9 Å². The predicted octanol–water partition coefficient (Wildman–Crippen LogP) is 3.04.